The van der Waals surface area contributed by atoms with Crippen molar-refractivity contribution >= 4 is 11.9 Å². The lowest BCUT2D eigenvalue weighted by atomic mass is 10.0. The van der Waals surface area contributed by atoms with E-state index >= 15 is 0 Å². The molecule has 1 saturated heterocycles. The van der Waals surface area contributed by atoms with E-state index in [0.29, 0.717) is 6.61 Å². The van der Waals surface area contributed by atoms with Gasteiger partial charge in [0.25, 0.3) is 0 Å². The number of nitrogens with zero attached hydrogens (tertiary/aromatic N) is 1. The number of aliphatic carboxylic acids is 1. The number of rotatable bonds is 3. The SMILES string of the molecule is CC(C)C(N)C(=O)N1CCOC[C@H]1C(=O)O. The zero-order valence-electron chi connectivity index (χ0n) is 9.55. The maximum atomic E-state index is 11.9. The minimum atomic E-state index is -1.05. The van der Waals surface area contributed by atoms with Crippen LogP contribution in [0.3, 0.4) is 0 Å². The first-order valence-electron chi connectivity index (χ1n) is 5.31. The molecule has 1 aliphatic heterocycles. The summed E-state index contributed by atoms with van der Waals surface area (Å²) in [5, 5.41) is 8.96. The number of ether oxygens (including phenoxy) is 1. The van der Waals surface area contributed by atoms with E-state index in [1.54, 1.807) is 0 Å². The number of hydrogen-bond donors (Lipinski definition) is 2. The Bertz CT molecular complexity index is 280. The molecule has 1 amide bonds. The maximum absolute atomic E-state index is 11.9. The normalized spacial score (nSPS) is 23.2. The van der Waals surface area contributed by atoms with Crippen molar-refractivity contribution in [3.05, 3.63) is 0 Å². The summed E-state index contributed by atoms with van der Waals surface area (Å²) in [4.78, 5) is 24.2. The molecule has 1 rings (SSSR count). The summed E-state index contributed by atoms with van der Waals surface area (Å²) in [6, 6.07) is -1.56. The zero-order chi connectivity index (χ0) is 12.3. The van der Waals surface area contributed by atoms with Crippen LogP contribution in [0.5, 0.6) is 0 Å². The molecule has 1 unspecified atom stereocenters. The maximum Gasteiger partial charge on any atom is 0.328 e. The van der Waals surface area contributed by atoms with Gasteiger partial charge in [-0.05, 0) is 5.92 Å². The molecule has 0 aromatic heterocycles. The first-order valence-corrected chi connectivity index (χ1v) is 5.31. The van der Waals surface area contributed by atoms with Gasteiger partial charge in [-0.1, -0.05) is 13.8 Å². The van der Waals surface area contributed by atoms with Crippen LogP contribution in [0.2, 0.25) is 0 Å². The summed E-state index contributed by atoms with van der Waals surface area (Å²) in [5.41, 5.74) is 5.73. The second kappa shape index (κ2) is 5.27. The van der Waals surface area contributed by atoms with Crippen LogP contribution >= 0.6 is 0 Å². The first kappa shape index (κ1) is 12.9. The molecular formula is C10H18N2O4. The van der Waals surface area contributed by atoms with Crippen molar-refractivity contribution in [2.24, 2.45) is 11.7 Å². The standard InChI is InChI=1S/C10H18N2O4/c1-6(2)8(11)9(13)12-3-4-16-5-7(12)10(14)15/h6-8H,3-5,11H2,1-2H3,(H,14,15)/t7-,8?/m0/s1. The molecule has 0 aliphatic carbocycles. The molecule has 0 bridgehead atoms. The van der Waals surface area contributed by atoms with Crippen molar-refractivity contribution in [1.82, 2.24) is 4.90 Å². The smallest absolute Gasteiger partial charge is 0.328 e. The fourth-order valence-corrected chi connectivity index (χ4v) is 1.55. The molecule has 92 valence electrons. The molecule has 3 N–H and O–H groups in total. The van der Waals surface area contributed by atoms with Gasteiger partial charge in [-0.15, -0.1) is 0 Å². The molecule has 6 nitrogen and oxygen atoms in total. The Balaban J connectivity index is 2.75. The molecule has 0 radical (unpaired) electrons. The highest BCUT2D eigenvalue weighted by Gasteiger charge is 2.35. The van der Waals surface area contributed by atoms with E-state index in [9.17, 15) is 9.59 Å². The molecule has 2 atom stereocenters. The van der Waals surface area contributed by atoms with Gasteiger partial charge in [0, 0.05) is 6.54 Å². The van der Waals surface area contributed by atoms with Gasteiger partial charge in [0.2, 0.25) is 5.91 Å². The summed E-state index contributed by atoms with van der Waals surface area (Å²) >= 11 is 0. The van der Waals surface area contributed by atoms with Crippen molar-refractivity contribution in [3.8, 4) is 0 Å². The second-order valence-corrected chi connectivity index (χ2v) is 4.23. The second-order valence-electron chi connectivity index (χ2n) is 4.23. The Morgan fingerprint density at radius 1 is 1.50 bits per heavy atom. The van der Waals surface area contributed by atoms with Gasteiger partial charge >= 0.3 is 5.97 Å². The fourth-order valence-electron chi connectivity index (χ4n) is 1.55. The summed E-state index contributed by atoms with van der Waals surface area (Å²) in [6.07, 6.45) is 0. The van der Waals surface area contributed by atoms with E-state index in [1.165, 1.54) is 4.90 Å². The Kier molecular flexibility index (Phi) is 4.26. The number of carbonyl (C=O) groups is 2. The number of amides is 1. The van der Waals surface area contributed by atoms with E-state index in [2.05, 4.69) is 0 Å². The van der Waals surface area contributed by atoms with Crippen molar-refractivity contribution in [1.29, 1.82) is 0 Å². The van der Waals surface area contributed by atoms with Gasteiger partial charge in [0.1, 0.15) is 0 Å². The van der Waals surface area contributed by atoms with E-state index in [4.69, 9.17) is 15.6 Å². The van der Waals surface area contributed by atoms with Gasteiger partial charge in [-0.3, -0.25) is 4.79 Å². The molecule has 0 aromatic carbocycles. The van der Waals surface area contributed by atoms with Crippen LogP contribution in [0.4, 0.5) is 0 Å². The highest BCUT2D eigenvalue weighted by molar-refractivity contribution is 5.87. The van der Waals surface area contributed by atoms with Crippen LogP contribution in [0.1, 0.15) is 13.8 Å². The van der Waals surface area contributed by atoms with Gasteiger partial charge < -0.3 is 20.5 Å². The number of carboxylic acid groups (broad SMARTS) is 1. The number of carbonyl (C=O) groups excluding carboxylic acids is 1. The average molecular weight is 230 g/mol. The average Bonchev–Trinajstić information content (AvgIpc) is 2.26. The lowest BCUT2D eigenvalue weighted by Gasteiger charge is -2.35. The molecule has 1 heterocycles. The quantitative estimate of drug-likeness (QED) is 0.667. The molecule has 0 saturated carbocycles. The lowest BCUT2D eigenvalue weighted by Crippen LogP contribution is -2.57. The van der Waals surface area contributed by atoms with Crippen LogP contribution in [-0.2, 0) is 14.3 Å². The number of morpholine rings is 1. The van der Waals surface area contributed by atoms with Crippen LogP contribution in [-0.4, -0.2) is 53.7 Å². The van der Waals surface area contributed by atoms with Gasteiger partial charge in [-0.2, -0.15) is 0 Å². The van der Waals surface area contributed by atoms with Gasteiger partial charge in [-0.25, -0.2) is 4.79 Å². The molecular weight excluding hydrogens is 212 g/mol. The highest BCUT2D eigenvalue weighted by atomic mass is 16.5. The summed E-state index contributed by atoms with van der Waals surface area (Å²) in [7, 11) is 0. The van der Waals surface area contributed by atoms with Crippen molar-refractivity contribution < 1.29 is 19.4 Å². The molecule has 6 heteroatoms. The molecule has 1 aliphatic rings. The predicted molar refractivity (Wildman–Crippen MR) is 56.8 cm³/mol. The summed E-state index contributed by atoms with van der Waals surface area (Å²) in [5.74, 6) is -1.38. The van der Waals surface area contributed by atoms with Gasteiger partial charge in [0.05, 0.1) is 19.3 Å². The van der Waals surface area contributed by atoms with Crippen LogP contribution in [0, 0.1) is 5.92 Å². The molecule has 0 aromatic rings. The Labute approximate surface area is 94.3 Å². The largest absolute Gasteiger partial charge is 0.480 e. The van der Waals surface area contributed by atoms with Crippen LogP contribution in [0.25, 0.3) is 0 Å². The van der Waals surface area contributed by atoms with Crippen LogP contribution in [0.15, 0.2) is 0 Å². The third-order valence-corrected chi connectivity index (χ3v) is 2.70. The van der Waals surface area contributed by atoms with E-state index in [1.807, 2.05) is 13.8 Å². The topological polar surface area (TPSA) is 92.9 Å². The van der Waals surface area contributed by atoms with Crippen LogP contribution < -0.4 is 5.73 Å². The Morgan fingerprint density at radius 3 is 2.62 bits per heavy atom. The van der Waals surface area contributed by atoms with E-state index in [-0.39, 0.29) is 25.0 Å². The lowest BCUT2D eigenvalue weighted by molar-refractivity contribution is -0.159. The monoisotopic (exact) mass is 230 g/mol. The molecule has 0 spiro atoms. The highest BCUT2D eigenvalue weighted by Crippen LogP contribution is 2.11. The summed E-state index contributed by atoms with van der Waals surface area (Å²) in [6.45, 7) is 4.35. The predicted octanol–water partition coefficient (Wildman–Crippen LogP) is -0.718. The van der Waals surface area contributed by atoms with Crippen molar-refractivity contribution in [3.63, 3.8) is 0 Å². The summed E-state index contributed by atoms with van der Waals surface area (Å²) < 4.78 is 5.05. The molecule has 1 fully saturated rings. The zero-order valence-corrected chi connectivity index (χ0v) is 9.55. The first-order chi connectivity index (χ1) is 7.45. The number of nitrogens with two attached hydrogens (primary N) is 1. The van der Waals surface area contributed by atoms with Crippen molar-refractivity contribution in [2.75, 3.05) is 19.8 Å². The van der Waals surface area contributed by atoms with Gasteiger partial charge in [0.15, 0.2) is 6.04 Å². The minimum Gasteiger partial charge on any atom is -0.480 e. The third-order valence-electron chi connectivity index (χ3n) is 2.70. The van der Waals surface area contributed by atoms with Crippen molar-refractivity contribution in [2.45, 2.75) is 25.9 Å². The number of hydrogen-bond acceptors (Lipinski definition) is 4. The molecule has 16 heavy (non-hydrogen) atoms. The Hall–Kier alpha value is -1.14. The number of carboxylic acids is 1. The Morgan fingerprint density at radius 2 is 2.12 bits per heavy atom. The third kappa shape index (κ3) is 2.70. The minimum absolute atomic E-state index is 0.00945. The van der Waals surface area contributed by atoms with E-state index < -0.39 is 18.1 Å². The fraction of sp³-hybridized carbons (Fsp3) is 0.800. The van der Waals surface area contributed by atoms with E-state index in [0.717, 1.165) is 0 Å².